The highest BCUT2D eigenvalue weighted by molar-refractivity contribution is 9.10. The highest BCUT2D eigenvalue weighted by Gasteiger charge is 2.22. The first kappa shape index (κ1) is 18.2. The van der Waals surface area contributed by atoms with Crippen LogP contribution in [0.3, 0.4) is 0 Å². The van der Waals surface area contributed by atoms with Gasteiger partial charge in [0, 0.05) is 27.9 Å². The van der Waals surface area contributed by atoms with Crippen LogP contribution in [-0.4, -0.2) is 33.4 Å². The van der Waals surface area contributed by atoms with Crippen molar-refractivity contribution >= 4 is 56.3 Å². The number of furan rings is 1. The van der Waals surface area contributed by atoms with E-state index in [1.165, 1.54) is 11.8 Å². The Morgan fingerprint density at radius 2 is 2.08 bits per heavy atom. The molecule has 1 saturated heterocycles. The van der Waals surface area contributed by atoms with Gasteiger partial charge in [-0.25, -0.2) is 0 Å². The Morgan fingerprint density at radius 3 is 2.80 bits per heavy atom. The number of halogens is 1. The molecular weight excluding hydrogens is 422 g/mol. The molecular formula is C18H16BrNO3S2. The van der Waals surface area contributed by atoms with Gasteiger partial charge in [0.15, 0.2) is 0 Å². The summed E-state index contributed by atoms with van der Waals surface area (Å²) in [5, 5.41) is 8.73. The van der Waals surface area contributed by atoms with Gasteiger partial charge in [-0.3, -0.25) is 4.79 Å². The van der Waals surface area contributed by atoms with Gasteiger partial charge in [-0.05, 0) is 36.8 Å². The zero-order chi connectivity index (χ0) is 17.8. The standard InChI is InChI=1S/C18H16BrNO3S2/c19-13-5-3-12(4-6-13)16-8-7-14(23-16)10-15-11-20(18(24)25-15)9-1-2-17(21)22/h3-8,10H,1-2,9,11H2,(H,21,22). The van der Waals surface area contributed by atoms with Crippen molar-refractivity contribution in [1.29, 1.82) is 0 Å². The fraction of sp³-hybridized carbons (Fsp3) is 0.222. The summed E-state index contributed by atoms with van der Waals surface area (Å²) in [5.41, 5.74) is 1.03. The van der Waals surface area contributed by atoms with Gasteiger partial charge >= 0.3 is 5.97 Å². The van der Waals surface area contributed by atoms with Crippen molar-refractivity contribution in [2.75, 3.05) is 13.1 Å². The summed E-state index contributed by atoms with van der Waals surface area (Å²) < 4.78 is 7.73. The molecule has 1 aliphatic heterocycles. The maximum Gasteiger partial charge on any atom is 0.303 e. The lowest BCUT2D eigenvalue weighted by Crippen LogP contribution is -2.24. The fourth-order valence-electron chi connectivity index (χ4n) is 2.49. The number of nitrogens with zero attached hydrogens (tertiary/aromatic N) is 1. The maximum atomic E-state index is 10.6. The van der Waals surface area contributed by atoms with Crippen molar-refractivity contribution in [3.63, 3.8) is 0 Å². The van der Waals surface area contributed by atoms with Gasteiger partial charge in [-0.1, -0.05) is 52.0 Å². The van der Waals surface area contributed by atoms with Crippen LogP contribution in [0.25, 0.3) is 17.4 Å². The SMILES string of the molecule is O=C(O)CCCN1CC(=Cc2ccc(-c3ccc(Br)cc3)o2)SC1=S. The number of hydrogen-bond acceptors (Lipinski definition) is 4. The molecule has 0 aliphatic carbocycles. The van der Waals surface area contributed by atoms with E-state index in [0.717, 1.165) is 30.8 Å². The van der Waals surface area contributed by atoms with Gasteiger partial charge in [0.05, 0.1) is 6.54 Å². The van der Waals surface area contributed by atoms with Crippen LogP contribution in [0.2, 0.25) is 0 Å². The molecule has 0 radical (unpaired) electrons. The first-order valence-corrected chi connectivity index (χ1v) is 9.78. The van der Waals surface area contributed by atoms with Gasteiger partial charge in [-0.2, -0.15) is 0 Å². The Labute approximate surface area is 164 Å². The summed E-state index contributed by atoms with van der Waals surface area (Å²) >= 11 is 10.3. The summed E-state index contributed by atoms with van der Waals surface area (Å²) in [6.45, 7) is 1.37. The van der Waals surface area contributed by atoms with E-state index in [1.54, 1.807) is 0 Å². The van der Waals surface area contributed by atoms with E-state index in [2.05, 4.69) is 15.9 Å². The van der Waals surface area contributed by atoms with Crippen LogP contribution in [0.4, 0.5) is 0 Å². The lowest BCUT2D eigenvalue weighted by Gasteiger charge is -2.15. The quantitative estimate of drug-likeness (QED) is 0.622. The number of carbonyl (C=O) groups is 1. The number of thiocarbonyl (C=S) groups is 1. The van der Waals surface area contributed by atoms with Crippen LogP contribution in [0.1, 0.15) is 18.6 Å². The Hall–Kier alpha value is -1.57. The van der Waals surface area contributed by atoms with E-state index in [0.29, 0.717) is 19.5 Å². The lowest BCUT2D eigenvalue weighted by molar-refractivity contribution is -0.137. The largest absolute Gasteiger partial charge is 0.481 e. The van der Waals surface area contributed by atoms with E-state index in [4.69, 9.17) is 21.7 Å². The second kappa shape index (κ2) is 8.21. The third-order valence-electron chi connectivity index (χ3n) is 3.70. The molecule has 1 N–H and O–H groups in total. The molecule has 2 aromatic rings. The zero-order valence-corrected chi connectivity index (χ0v) is 16.5. The molecule has 7 heteroatoms. The second-order valence-corrected chi connectivity index (χ2v) is 8.28. The van der Waals surface area contributed by atoms with Gasteiger partial charge in [-0.15, -0.1) is 0 Å². The van der Waals surface area contributed by atoms with E-state index in [9.17, 15) is 4.79 Å². The Balaban J connectivity index is 1.64. The van der Waals surface area contributed by atoms with Crippen LogP contribution < -0.4 is 0 Å². The lowest BCUT2D eigenvalue weighted by atomic mass is 10.2. The molecule has 2 heterocycles. The van der Waals surface area contributed by atoms with Crippen molar-refractivity contribution in [2.45, 2.75) is 12.8 Å². The normalized spacial score (nSPS) is 16.0. The van der Waals surface area contributed by atoms with Crippen molar-refractivity contribution in [1.82, 2.24) is 4.90 Å². The summed E-state index contributed by atoms with van der Waals surface area (Å²) in [7, 11) is 0. The van der Waals surface area contributed by atoms with E-state index in [1.807, 2.05) is 47.4 Å². The third-order valence-corrected chi connectivity index (χ3v) is 5.68. The fourth-order valence-corrected chi connectivity index (χ4v) is 4.13. The monoisotopic (exact) mass is 437 g/mol. The van der Waals surface area contributed by atoms with Crippen molar-refractivity contribution in [2.24, 2.45) is 0 Å². The van der Waals surface area contributed by atoms with Crippen LogP contribution in [0, 0.1) is 0 Å². The molecule has 130 valence electrons. The van der Waals surface area contributed by atoms with E-state index >= 15 is 0 Å². The minimum Gasteiger partial charge on any atom is -0.481 e. The summed E-state index contributed by atoms with van der Waals surface area (Å²) in [6, 6.07) is 11.9. The number of rotatable bonds is 6. The Morgan fingerprint density at radius 1 is 1.32 bits per heavy atom. The Kier molecular flexibility index (Phi) is 5.98. The van der Waals surface area contributed by atoms with Crippen LogP contribution >= 0.6 is 39.9 Å². The Bertz CT molecular complexity index is 814. The third kappa shape index (κ3) is 4.96. The summed E-state index contributed by atoms with van der Waals surface area (Å²) in [5.74, 6) is 0.837. The molecule has 4 nitrogen and oxygen atoms in total. The maximum absolute atomic E-state index is 10.6. The highest BCUT2D eigenvalue weighted by atomic mass is 79.9. The zero-order valence-electron chi connectivity index (χ0n) is 13.3. The first-order valence-electron chi connectivity index (χ1n) is 7.76. The molecule has 0 bridgehead atoms. The molecule has 3 rings (SSSR count). The predicted molar refractivity (Wildman–Crippen MR) is 108 cm³/mol. The molecule has 0 unspecified atom stereocenters. The van der Waals surface area contributed by atoms with Gasteiger partial charge in [0.1, 0.15) is 15.8 Å². The van der Waals surface area contributed by atoms with Crippen LogP contribution in [0.15, 0.2) is 50.2 Å². The van der Waals surface area contributed by atoms with Crippen molar-refractivity contribution in [3.8, 4) is 11.3 Å². The second-order valence-electron chi connectivity index (χ2n) is 5.61. The molecule has 1 fully saturated rings. The average Bonchev–Trinajstić information content (AvgIpc) is 3.15. The van der Waals surface area contributed by atoms with Gasteiger partial charge < -0.3 is 14.4 Å². The van der Waals surface area contributed by atoms with Crippen molar-refractivity contribution < 1.29 is 14.3 Å². The van der Waals surface area contributed by atoms with Crippen LogP contribution in [-0.2, 0) is 4.79 Å². The molecule has 1 aromatic heterocycles. The number of thioether (sulfide) groups is 1. The van der Waals surface area contributed by atoms with Crippen molar-refractivity contribution in [3.05, 3.63) is 51.5 Å². The smallest absolute Gasteiger partial charge is 0.303 e. The number of aliphatic carboxylic acids is 1. The number of carboxylic acids is 1. The number of benzene rings is 1. The molecule has 25 heavy (non-hydrogen) atoms. The first-order chi connectivity index (χ1) is 12.0. The molecule has 1 aromatic carbocycles. The van der Waals surface area contributed by atoms with Gasteiger partial charge in [0.2, 0.25) is 0 Å². The molecule has 1 aliphatic rings. The molecule has 0 spiro atoms. The minimum atomic E-state index is -0.774. The minimum absolute atomic E-state index is 0.164. The van der Waals surface area contributed by atoms with Gasteiger partial charge in [0.25, 0.3) is 0 Å². The highest BCUT2D eigenvalue weighted by Crippen LogP contribution is 2.32. The van der Waals surface area contributed by atoms with E-state index < -0.39 is 5.97 Å². The predicted octanol–water partition coefficient (Wildman–Crippen LogP) is 5.25. The molecule has 0 amide bonds. The topological polar surface area (TPSA) is 53.7 Å². The number of hydrogen-bond donors (Lipinski definition) is 1. The average molecular weight is 438 g/mol. The summed E-state index contributed by atoms with van der Waals surface area (Å²) in [4.78, 5) is 13.8. The molecule has 0 saturated carbocycles. The number of carboxylic acid groups (broad SMARTS) is 1. The molecule has 0 atom stereocenters. The summed E-state index contributed by atoms with van der Waals surface area (Å²) in [6.07, 6.45) is 2.76. The van der Waals surface area contributed by atoms with Crippen LogP contribution in [0.5, 0.6) is 0 Å². The van der Waals surface area contributed by atoms with E-state index in [-0.39, 0.29) is 6.42 Å².